The van der Waals surface area contributed by atoms with Gasteiger partial charge >= 0.3 is 22.5 Å². The summed E-state index contributed by atoms with van der Waals surface area (Å²) in [4.78, 5) is 44.3. The fraction of sp³-hybridized carbons (Fsp3) is 0.900. The number of amides is 4. The van der Waals surface area contributed by atoms with Crippen molar-refractivity contribution in [3.8, 4) is 0 Å². The number of urea groups is 1. The maximum absolute atomic E-state index is 13.4. The predicted molar refractivity (Wildman–Crippen MR) is 168 cm³/mol. The minimum absolute atomic E-state index is 0.0241. The zero-order valence-electron chi connectivity index (χ0n) is 28.4. The molecule has 0 aliphatic carbocycles. The minimum atomic E-state index is -4.66. The number of unbranched alkanes of at least 4 members (excludes halogenated alkanes) is 3. The van der Waals surface area contributed by atoms with E-state index < -0.39 is 51.7 Å². The molecule has 45 heavy (non-hydrogen) atoms. The number of alkyl carbamates (subject to hydrolysis) is 1. The Balaban J connectivity index is 2.04. The average Bonchev–Trinajstić information content (AvgIpc) is 3.19. The SMILES string of the molecule is CCCCN(OS(=O)(=O)ON1C(=O)N2CC1CC[C@H]2C(=O)NOCCNC(=O)OC(C)(C)C)C(CCC)(CCCC)CCCC. The largest absolute Gasteiger partial charge is 0.444 e. The first-order chi connectivity index (χ1) is 21.2. The molecule has 2 saturated heterocycles. The Bertz CT molecular complexity index is 1040. The van der Waals surface area contributed by atoms with Crippen LogP contribution in [0, 0.1) is 0 Å². The van der Waals surface area contributed by atoms with E-state index in [1.165, 1.54) is 4.90 Å². The summed E-state index contributed by atoms with van der Waals surface area (Å²) in [5.74, 6) is -0.554. The summed E-state index contributed by atoms with van der Waals surface area (Å²) < 4.78 is 43.0. The molecule has 0 spiro atoms. The van der Waals surface area contributed by atoms with Gasteiger partial charge in [-0.3, -0.25) is 9.63 Å². The number of hydrogen-bond donors (Lipinski definition) is 2. The third-order valence-electron chi connectivity index (χ3n) is 7.97. The van der Waals surface area contributed by atoms with Crippen LogP contribution in [0.3, 0.4) is 0 Å². The van der Waals surface area contributed by atoms with Crippen molar-refractivity contribution >= 4 is 28.4 Å². The molecular formula is C30H57N5O9S. The van der Waals surface area contributed by atoms with Crippen molar-refractivity contribution in [2.24, 2.45) is 0 Å². The van der Waals surface area contributed by atoms with Crippen LogP contribution in [-0.4, -0.2) is 90.9 Å². The maximum atomic E-state index is 13.4. The summed E-state index contributed by atoms with van der Waals surface area (Å²) in [6.45, 7) is 14.2. The molecule has 2 atom stereocenters. The molecule has 15 heteroatoms. The highest BCUT2D eigenvalue weighted by Gasteiger charge is 2.50. The molecule has 262 valence electrons. The molecule has 2 aliphatic rings. The molecule has 1 unspecified atom stereocenters. The fourth-order valence-electron chi connectivity index (χ4n) is 5.81. The van der Waals surface area contributed by atoms with E-state index >= 15 is 0 Å². The quantitative estimate of drug-likeness (QED) is 0.127. The third kappa shape index (κ3) is 12.2. The van der Waals surface area contributed by atoms with Crippen molar-refractivity contribution < 1.29 is 40.9 Å². The molecule has 2 rings (SSSR count). The third-order valence-corrected chi connectivity index (χ3v) is 8.68. The second-order valence-corrected chi connectivity index (χ2v) is 14.1. The molecule has 2 fully saturated rings. The van der Waals surface area contributed by atoms with Crippen LogP contribution >= 0.6 is 0 Å². The molecular weight excluding hydrogens is 606 g/mol. The van der Waals surface area contributed by atoms with Crippen molar-refractivity contribution in [2.45, 2.75) is 149 Å². The van der Waals surface area contributed by atoms with Crippen LogP contribution in [0.4, 0.5) is 9.59 Å². The van der Waals surface area contributed by atoms with Crippen molar-refractivity contribution in [3.63, 3.8) is 0 Å². The van der Waals surface area contributed by atoms with Gasteiger partial charge in [0.1, 0.15) is 11.6 Å². The van der Waals surface area contributed by atoms with Gasteiger partial charge in [-0.15, -0.1) is 4.28 Å². The molecule has 2 N–H and O–H groups in total. The Morgan fingerprint density at radius 1 is 0.956 bits per heavy atom. The smallest absolute Gasteiger partial charge is 0.437 e. The second kappa shape index (κ2) is 18.2. The van der Waals surface area contributed by atoms with Crippen molar-refractivity contribution in [3.05, 3.63) is 0 Å². The summed E-state index contributed by atoms with van der Waals surface area (Å²) in [7, 11) is -4.66. The number of nitrogens with one attached hydrogen (secondary N) is 2. The average molecular weight is 664 g/mol. The predicted octanol–water partition coefficient (Wildman–Crippen LogP) is 4.96. The molecule has 2 aliphatic heterocycles. The molecule has 2 heterocycles. The van der Waals surface area contributed by atoms with Crippen molar-refractivity contribution in [1.29, 1.82) is 0 Å². The lowest BCUT2D eigenvalue weighted by molar-refractivity contribution is -0.172. The fourth-order valence-corrected chi connectivity index (χ4v) is 6.68. The van der Waals surface area contributed by atoms with Crippen LogP contribution < -0.4 is 10.8 Å². The maximum Gasteiger partial charge on any atom is 0.437 e. The van der Waals surface area contributed by atoms with Crippen LogP contribution in [0.25, 0.3) is 0 Å². The van der Waals surface area contributed by atoms with Gasteiger partial charge in [-0.05, 0) is 59.3 Å². The molecule has 4 amide bonds. The second-order valence-electron chi connectivity index (χ2n) is 12.9. The molecule has 0 aromatic carbocycles. The number of nitrogens with zero attached hydrogens (tertiary/aromatic N) is 3. The Morgan fingerprint density at radius 2 is 1.60 bits per heavy atom. The van der Waals surface area contributed by atoms with Gasteiger partial charge in [0.05, 0.1) is 12.6 Å². The normalized spacial score (nSPS) is 18.9. The highest BCUT2D eigenvalue weighted by atomic mass is 32.3. The van der Waals surface area contributed by atoms with Gasteiger partial charge < -0.3 is 15.0 Å². The van der Waals surface area contributed by atoms with Gasteiger partial charge in [-0.2, -0.15) is 22.8 Å². The number of piperidine rings is 1. The van der Waals surface area contributed by atoms with Gasteiger partial charge in [0.25, 0.3) is 5.91 Å². The van der Waals surface area contributed by atoms with Crippen LogP contribution in [-0.2, 0) is 33.3 Å². The monoisotopic (exact) mass is 663 g/mol. The van der Waals surface area contributed by atoms with E-state index in [1.807, 2.05) is 6.92 Å². The topological polar surface area (TPSA) is 156 Å². The Labute approximate surface area is 270 Å². The number of rotatable bonds is 21. The lowest BCUT2D eigenvalue weighted by Gasteiger charge is -2.43. The standard InChI is InChI=1S/C30H57N5O9S/c1-8-12-18-30(17-11-4,19-13-9-2)34(21-14-10-3)43-45(39,40)44-35-24-15-16-25(33(23-24)28(35)38)26(36)32-41-22-20-31-27(37)42-29(5,6)7/h24-25H,8-23H2,1-7H3,(H,31,37)(H,32,36)/t24?,25-/m0/s1. The van der Waals surface area contributed by atoms with Gasteiger partial charge in [0, 0.05) is 25.2 Å². The summed E-state index contributed by atoms with van der Waals surface area (Å²) >= 11 is 0. The first-order valence-electron chi connectivity index (χ1n) is 16.6. The van der Waals surface area contributed by atoms with E-state index in [-0.39, 0.29) is 19.7 Å². The van der Waals surface area contributed by atoms with Gasteiger partial charge in [-0.25, -0.2) is 15.1 Å². The van der Waals surface area contributed by atoms with Crippen LogP contribution in [0.2, 0.25) is 0 Å². The number of hydrogen-bond acceptors (Lipinski definition) is 10. The van der Waals surface area contributed by atoms with E-state index in [1.54, 1.807) is 25.8 Å². The number of ether oxygens (including phenoxy) is 1. The zero-order valence-corrected chi connectivity index (χ0v) is 29.2. The first-order valence-corrected chi connectivity index (χ1v) is 18.0. The molecule has 0 radical (unpaired) electrons. The number of fused-ring (bicyclic) bond motifs is 2. The van der Waals surface area contributed by atoms with Crippen LogP contribution in [0.5, 0.6) is 0 Å². The molecule has 0 saturated carbocycles. The zero-order chi connectivity index (χ0) is 33.7. The highest BCUT2D eigenvalue weighted by Crippen LogP contribution is 2.36. The number of hydroxylamine groups is 5. The van der Waals surface area contributed by atoms with Crippen LogP contribution in [0.1, 0.15) is 126 Å². The Morgan fingerprint density at radius 3 is 2.18 bits per heavy atom. The van der Waals surface area contributed by atoms with E-state index in [4.69, 9.17) is 18.1 Å². The number of carbonyl (C=O) groups excluding carboxylic acids is 3. The van der Waals surface area contributed by atoms with Crippen molar-refractivity contribution in [2.75, 3.05) is 26.2 Å². The van der Waals surface area contributed by atoms with Crippen molar-refractivity contribution in [1.82, 2.24) is 25.8 Å². The lowest BCUT2D eigenvalue weighted by atomic mass is 9.82. The van der Waals surface area contributed by atoms with E-state index in [2.05, 4.69) is 31.6 Å². The van der Waals surface area contributed by atoms with Crippen LogP contribution in [0.15, 0.2) is 0 Å². The minimum Gasteiger partial charge on any atom is -0.444 e. The molecule has 0 aromatic heterocycles. The summed E-state index contributed by atoms with van der Waals surface area (Å²) in [6, 6.07) is -2.15. The summed E-state index contributed by atoms with van der Waals surface area (Å²) in [6.07, 6.45) is 8.71. The molecule has 2 bridgehead atoms. The first kappa shape index (κ1) is 39.0. The van der Waals surface area contributed by atoms with Gasteiger partial charge in [0.15, 0.2) is 0 Å². The summed E-state index contributed by atoms with van der Waals surface area (Å²) in [5, 5.41) is 4.95. The van der Waals surface area contributed by atoms with E-state index in [0.29, 0.717) is 19.4 Å². The van der Waals surface area contributed by atoms with Gasteiger partial charge in [-0.1, -0.05) is 66.2 Å². The molecule has 14 nitrogen and oxygen atoms in total. The number of carbonyl (C=O) groups is 3. The summed E-state index contributed by atoms with van der Waals surface area (Å²) in [5.41, 5.74) is 1.21. The molecule has 0 aromatic rings. The Hall–Kier alpha value is -2.20. The van der Waals surface area contributed by atoms with Gasteiger partial charge in [0.2, 0.25) is 0 Å². The Kier molecular flexibility index (Phi) is 15.8. The highest BCUT2D eigenvalue weighted by molar-refractivity contribution is 7.81. The van der Waals surface area contributed by atoms with E-state index in [0.717, 1.165) is 69.3 Å². The lowest BCUT2D eigenvalue weighted by Crippen LogP contribution is -2.51. The van der Waals surface area contributed by atoms with E-state index in [9.17, 15) is 22.8 Å².